The number of halogens is 1. The first kappa shape index (κ1) is 34.3. The van der Waals surface area contributed by atoms with Crippen LogP contribution in [0.15, 0.2) is 12.3 Å². The van der Waals surface area contributed by atoms with E-state index in [2.05, 4.69) is 33.3 Å². The molecule has 1 nitrogen and oxygen atoms in total. The van der Waals surface area contributed by atoms with Gasteiger partial charge >= 0.3 is 0 Å². The van der Waals surface area contributed by atoms with Crippen molar-refractivity contribution in [3.05, 3.63) is 12.3 Å². The molecule has 0 aromatic rings. The molecule has 0 heterocycles. The van der Waals surface area contributed by atoms with Gasteiger partial charge in [0.05, 0.1) is 20.3 Å². The number of allylic oxidation sites excluding steroid dienone is 1. The molecule has 194 valence electrons. The summed E-state index contributed by atoms with van der Waals surface area (Å²) in [5.74, 6) is 0. The maximum atomic E-state index is 2.34. The average molecular weight is 517 g/mol. The molecule has 0 rings (SSSR count). The fraction of sp³-hybridized carbons (Fsp3) is 0.933. The van der Waals surface area contributed by atoms with Crippen LogP contribution in [-0.4, -0.2) is 14.1 Å². The van der Waals surface area contributed by atoms with Gasteiger partial charge in [-0.05, 0) is 18.9 Å². The summed E-state index contributed by atoms with van der Waals surface area (Å²) in [5, 5.41) is 0. The van der Waals surface area contributed by atoms with Crippen molar-refractivity contribution < 1.29 is 21.9 Å². The van der Waals surface area contributed by atoms with Crippen LogP contribution in [0.3, 0.4) is 0 Å². The normalized spacial score (nSPS) is 11.5. The molecule has 0 aromatic heterocycles. The molecule has 0 aliphatic rings. The van der Waals surface area contributed by atoms with Gasteiger partial charge in [0.2, 0.25) is 0 Å². The summed E-state index contributed by atoms with van der Waals surface area (Å²) in [4.78, 5) is 1.42. The Morgan fingerprint density at radius 2 is 0.656 bits per heavy atom. The highest BCUT2D eigenvalue weighted by atomic mass is 79.9. The Bertz CT molecular complexity index is 340. The largest absolute Gasteiger partial charge is 1.00 e. The maximum Gasteiger partial charge on any atom is 0.0897 e. The Morgan fingerprint density at radius 3 is 0.906 bits per heavy atom. The van der Waals surface area contributed by atoms with Gasteiger partial charge in [-0.2, -0.15) is 0 Å². The Kier molecular flexibility index (Phi) is 33.5. The molecule has 0 bridgehead atoms. The van der Waals surface area contributed by atoms with Crippen molar-refractivity contribution in [3.8, 4) is 0 Å². The van der Waals surface area contributed by atoms with Gasteiger partial charge in [0.25, 0.3) is 0 Å². The molecule has 32 heavy (non-hydrogen) atoms. The van der Waals surface area contributed by atoms with Crippen molar-refractivity contribution >= 4 is 0 Å². The first-order valence-electron chi connectivity index (χ1n) is 14.7. The van der Waals surface area contributed by atoms with Crippen molar-refractivity contribution in [1.29, 1.82) is 0 Å². The third kappa shape index (κ3) is 32.4. The van der Waals surface area contributed by atoms with E-state index in [0.717, 1.165) is 0 Å². The van der Waals surface area contributed by atoms with E-state index >= 15 is 0 Å². The van der Waals surface area contributed by atoms with E-state index < -0.39 is 0 Å². The van der Waals surface area contributed by atoms with Crippen LogP contribution >= 0.6 is 0 Å². The van der Waals surface area contributed by atoms with Crippen LogP contribution < -0.4 is 21.9 Å². The van der Waals surface area contributed by atoms with Gasteiger partial charge < -0.3 is 21.9 Å². The third-order valence-electron chi connectivity index (χ3n) is 6.68. The van der Waals surface area contributed by atoms with Gasteiger partial charge in [-0.1, -0.05) is 155 Å². The van der Waals surface area contributed by atoms with Crippen LogP contribution in [-0.2, 0) is 0 Å². The first-order chi connectivity index (χ1) is 15.3. The SMILES string of the molecule is CCCCCCCCCCCCCCCCCCCCCCCCCCC=C[NH+](C)C.[Br-]. The van der Waals surface area contributed by atoms with E-state index in [1.54, 1.807) is 0 Å². The van der Waals surface area contributed by atoms with E-state index in [0.29, 0.717) is 0 Å². The van der Waals surface area contributed by atoms with Crippen LogP contribution in [0.1, 0.15) is 167 Å². The number of quaternary nitrogens is 1. The molecule has 0 fully saturated rings. The Hall–Kier alpha value is 0.180. The molecule has 0 saturated heterocycles. The second kappa shape index (κ2) is 31.2. The zero-order valence-corrected chi connectivity index (χ0v) is 24.3. The van der Waals surface area contributed by atoms with Crippen LogP contribution in [0.4, 0.5) is 0 Å². The smallest absolute Gasteiger partial charge is 0.0897 e. The fourth-order valence-electron chi connectivity index (χ4n) is 4.54. The molecule has 0 aliphatic heterocycles. The maximum absolute atomic E-state index is 2.34. The summed E-state index contributed by atoms with van der Waals surface area (Å²) in [5.41, 5.74) is 0. The van der Waals surface area contributed by atoms with E-state index in [1.165, 1.54) is 165 Å². The Labute approximate surface area is 215 Å². The Morgan fingerprint density at radius 1 is 0.406 bits per heavy atom. The van der Waals surface area contributed by atoms with Gasteiger partial charge in [-0.15, -0.1) is 0 Å². The summed E-state index contributed by atoms with van der Waals surface area (Å²) in [6, 6.07) is 0. The average Bonchev–Trinajstić information content (AvgIpc) is 2.76. The first-order valence-corrected chi connectivity index (χ1v) is 14.7. The molecule has 1 N–H and O–H groups in total. The molecule has 0 unspecified atom stereocenters. The summed E-state index contributed by atoms with van der Waals surface area (Å²) < 4.78 is 0. The highest BCUT2D eigenvalue weighted by molar-refractivity contribution is 4.71. The quantitative estimate of drug-likeness (QED) is 0.127. The van der Waals surface area contributed by atoms with E-state index in [4.69, 9.17) is 0 Å². The monoisotopic (exact) mass is 515 g/mol. The number of unbranched alkanes of at least 4 members (excludes halogenated alkanes) is 24. The van der Waals surface area contributed by atoms with E-state index in [-0.39, 0.29) is 17.0 Å². The molecule has 0 spiro atoms. The lowest BCUT2D eigenvalue weighted by atomic mass is 10.0. The van der Waals surface area contributed by atoms with Crippen molar-refractivity contribution in [1.82, 2.24) is 0 Å². The van der Waals surface area contributed by atoms with Gasteiger partial charge in [-0.3, -0.25) is 0 Å². The predicted octanol–water partition coefficient (Wildman–Crippen LogP) is 6.42. The van der Waals surface area contributed by atoms with Crippen molar-refractivity contribution in [3.63, 3.8) is 0 Å². The summed E-state index contributed by atoms with van der Waals surface area (Å²) in [6.45, 7) is 2.30. The molecular formula is C30H62BrN. The number of hydrogen-bond acceptors (Lipinski definition) is 0. The molecular weight excluding hydrogens is 454 g/mol. The molecule has 0 amide bonds. The van der Waals surface area contributed by atoms with Gasteiger partial charge in [0.1, 0.15) is 0 Å². The van der Waals surface area contributed by atoms with Gasteiger partial charge in [-0.25, -0.2) is 0 Å². The minimum Gasteiger partial charge on any atom is -1.00 e. The highest BCUT2D eigenvalue weighted by Crippen LogP contribution is 2.15. The summed E-state index contributed by atoms with van der Waals surface area (Å²) in [7, 11) is 4.35. The molecule has 0 saturated carbocycles. The minimum atomic E-state index is 0. The fourth-order valence-corrected chi connectivity index (χ4v) is 4.54. The highest BCUT2D eigenvalue weighted by Gasteiger charge is 1.96. The van der Waals surface area contributed by atoms with Crippen molar-refractivity contribution in [2.24, 2.45) is 0 Å². The zero-order valence-electron chi connectivity index (χ0n) is 22.7. The van der Waals surface area contributed by atoms with Crippen molar-refractivity contribution in [2.45, 2.75) is 167 Å². The predicted molar refractivity (Wildman–Crippen MR) is 143 cm³/mol. The Balaban J connectivity index is 0. The molecule has 0 radical (unpaired) electrons. The second-order valence-corrected chi connectivity index (χ2v) is 10.4. The topological polar surface area (TPSA) is 4.44 Å². The zero-order chi connectivity index (χ0) is 22.7. The molecule has 2 heteroatoms. The molecule has 0 atom stereocenters. The number of rotatable bonds is 26. The molecule has 0 aliphatic carbocycles. The van der Waals surface area contributed by atoms with Crippen LogP contribution in [0.5, 0.6) is 0 Å². The summed E-state index contributed by atoms with van der Waals surface area (Å²) >= 11 is 0. The minimum absolute atomic E-state index is 0. The summed E-state index contributed by atoms with van der Waals surface area (Å²) in [6.07, 6.45) is 41.1. The number of nitrogens with one attached hydrogen (secondary N) is 1. The standard InChI is InChI=1S/C30H61N.BrH/c1-4-5-6-7-8-9-10-11-12-13-14-15-16-17-18-19-20-21-22-23-24-25-26-27-28-29-30-31(2)3;/h29-30H,4-28H2,1-3H3;1H. The lowest BCUT2D eigenvalue weighted by molar-refractivity contribution is -0.801. The van der Waals surface area contributed by atoms with Crippen LogP contribution in [0, 0.1) is 0 Å². The lowest BCUT2D eigenvalue weighted by Gasteiger charge is -2.04. The van der Waals surface area contributed by atoms with E-state index in [1.807, 2.05) is 0 Å². The van der Waals surface area contributed by atoms with Crippen LogP contribution in [0.25, 0.3) is 0 Å². The van der Waals surface area contributed by atoms with Crippen LogP contribution in [0.2, 0.25) is 0 Å². The number of hydrogen-bond donors (Lipinski definition) is 1. The third-order valence-corrected chi connectivity index (χ3v) is 6.68. The van der Waals surface area contributed by atoms with Gasteiger partial charge in [0.15, 0.2) is 0 Å². The van der Waals surface area contributed by atoms with Gasteiger partial charge in [0, 0.05) is 0 Å². The van der Waals surface area contributed by atoms with E-state index in [9.17, 15) is 0 Å². The van der Waals surface area contributed by atoms with Crippen molar-refractivity contribution in [2.75, 3.05) is 14.1 Å². The lowest BCUT2D eigenvalue weighted by Crippen LogP contribution is -3.00. The second-order valence-electron chi connectivity index (χ2n) is 10.4. The molecule has 0 aromatic carbocycles.